The fourth-order valence-corrected chi connectivity index (χ4v) is 3.80. The highest BCUT2D eigenvalue weighted by molar-refractivity contribution is 7.14. The van der Waals surface area contributed by atoms with Crippen LogP contribution in [-0.2, 0) is 11.2 Å². The van der Waals surface area contributed by atoms with E-state index in [1.165, 1.54) is 23.5 Å². The summed E-state index contributed by atoms with van der Waals surface area (Å²) in [5.74, 6) is 1.58. The van der Waals surface area contributed by atoms with Crippen molar-refractivity contribution in [2.75, 3.05) is 19.5 Å². The van der Waals surface area contributed by atoms with Gasteiger partial charge in [0.25, 0.3) is 5.69 Å². The Kier molecular flexibility index (Phi) is 6.78. The molecule has 174 valence electrons. The highest BCUT2D eigenvalue weighted by atomic mass is 32.1. The van der Waals surface area contributed by atoms with Crippen LogP contribution in [0.2, 0.25) is 0 Å². The van der Waals surface area contributed by atoms with E-state index >= 15 is 0 Å². The van der Waals surface area contributed by atoms with Gasteiger partial charge in [-0.05, 0) is 30.3 Å². The highest BCUT2D eigenvalue weighted by Crippen LogP contribution is 2.31. The van der Waals surface area contributed by atoms with Gasteiger partial charge in [0.05, 0.1) is 24.8 Å². The van der Waals surface area contributed by atoms with Gasteiger partial charge in [-0.3, -0.25) is 14.9 Å². The summed E-state index contributed by atoms with van der Waals surface area (Å²) in [4.78, 5) is 31.4. The Bertz CT molecular complexity index is 1320. The lowest BCUT2D eigenvalue weighted by atomic mass is 10.1. The lowest BCUT2D eigenvalue weighted by molar-refractivity contribution is -0.384. The van der Waals surface area contributed by atoms with E-state index in [9.17, 15) is 14.9 Å². The molecule has 0 atom stereocenters. The summed E-state index contributed by atoms with van der Waals surface area (Å²) in [6, 6.07) is 11.3. The number of aryl methyl sites for hydroxylation is 1. The van der Waals surface area contributed by atoms with Crippen LogP contribution in [0.1, 0.15) is 12.3 Å². The summed E-state index contributed by atoms with van der Waals surface area (Å²) in [5.41, 5.74) is 2.03. The number of non-ortho nitro benzene ring substituents is 1. The van der Waals surface area contributed by atoms with Gasteiger partial charge in [-0.1, -0.05) is 5.16 Å². The van der Waals surface area contributed by atoms with Crippen LogP contribution in [0.4, 0.5) is 10.8 Å². The Morgan fingerprint density at radius 1 is 1.09 bits per heavy atom. The molecule has 2 aromatic carbocycles. The molecule has 2 aromatic heterocycles. The van der Waals surface area contributed by atoms with E-state index in [1.807, 2.05) is 0 Å². The maximum atomic E-state index is 12.3. The van der Waals surface area contributed by atoms with Crippen LogP contribution < -0.4 is 14.8 Å². The minimum Gasteiger partial charge on any atom is -0.493 e. The molecule has 0 bridgehead atoms. The molecular formula is C22H19N5O6S. The number of hydrogen-bond acceptors (Lipinski definition) is 10. The Labute approximate surface area is 197 Å². The van der Waals surface area contributed by atoms with Gasteiger partial charge in [0.1, 0.15) is 0 Å². The van der Waals surface area contributed by atoms with Gasteiger partial charge in [-0.15, -0.1) is 11.3 Å². The lowest BCUT2D eigenvalue weighted by Crippen LogP contribution is -2.12. The molecule has 0 saturated heterocycles. The molecule has 0 spiro atoms. The first kappa shape index (κ1) is 22.9. The Morgan fingerprint density at radius 3 is 2.53 bits per heavy atom. The third-order valence-electron chi connectivity index (χ3n) is 4.80. The Balaban J connectivity index is 1.34. The van der Waals surface area contributed by atoms with Crippen LogP contribution in [0.3, 0.4) is 0 Å². The normalized spacial score (nSPS) is 10.6. The van der Waals surface area contributed by atoms with Crippen molar-refractivity contribution in [2.24, 2.45) is 0 Å². The van der Waals surface area contributed by atoms with Crippen LogP contribution in [-0.4, -0.2) is 40.2 Å². The van der Waals surface area contributed by atoms with Crippen molar-refractivity contribution in [3.8, 4) is 34.1 Å². The largest absolute Gasteiger partial charge is 0.493 e. The van der Waals surface area contributed by atoms with Gasteiger partial charge >= 0.3 is 0 Å². The molecule has 0 unspecified atom stereocenters. The summed E-state index contributed by atoms with van der Waals surface area (Å²) < 4.78 is 15.8. The smallest absolute Gasteiger partial charge is 0.269 e. The molecule has 0 fully saturated rings. The monoisotopic (exact) mass is 481 g/mol. The average Bonchev–Trinajstić information content (AvgIpc) is 3.52. The quantitative estimate of drug-likeness (QED) is 0.272. The second-order valence-electron chi connectivity index (χ2n) is 6.97. The number of nitro benzene ring substituents is 1. The maximum Gasteiger partial charge on any atom is 0.269 e. The molecule has 1 amide bonds. The van der Waals surface area contributed by atoms with Crippen LogP contribution in [0.25, 0.3) is 22.6 Å². The van der Waals surface area contributed by atoms with Crippen LogP contribution in [0.5, 0.6) is 11.5 Å². The van der Waals surface area contributed by atoms with Crippen LogP contribution >= 0.6 is 11.3 Å². The van der Waals surface area contributed by atoms with Crippen molar-refractivity contribution in [3.05, 3.63) is 63.8 Å². The molecule has 1 N–H and O–H groups in total. The number of nitro groups is 1. The van der Waals surface area contributed by atoms with Gasteiger partial charge in [0, 0.05) is 41.5 Å². The Hall–Kier alpha value is -4.32. The molecule has 0 saturated carbocycles. The molecule has 11 nitrogen and oxygen atoms in total. The molecular weight excluding hydrogens is 462 g/mol. The summed E-state index contributed by atoms with van der Waals surface area (Å²) in [6.07, 6.45) is 0.382. The second-order valence-corrected chi connectivity index (χ2v) is 7.83. The van der Waals surface area contributed by atoms with Crippen molar-refractivity contribution in [1.29, 1.82) is 0 Å². The van der Waals surface area contributed by atoms with E-state index in [-0.39, 0.29) is 24.4 Å². The highest BCUT2D eigenvalue weighted by Gasteiger charge is 2.14. The van der Waals surface area contributed by atoms with E-state index in [4.69, 9.17) is 14.0 Å². The van der Waals surface area contributed by atoms with Crippen molar-refractivity contribution in [2.45, 2.75) is 12.8 Å². The van der Waals surface area contributed by atoms with Crippen molar-refractivity contribution in [1.82, 2.24) is 15.1 Å². The Morgan fingerprint density at radius 2 is 1.82 bits per heavy atom. The zero-order chi connectivity index (χ0) is 24.1. The second kappa shape index (κ2) is 10.1. The molecule has 4 rings (SSSR count). The number of benzene rings is 2. The van der Waals surface area contributed by atoms with Gasteiger partial charge in [-0.2, -0.15) is 4.98 Å². The number of nitrogens with one attached hydrogen (secondary N) is 1. The maximum absolute atomic E-state index is 12.3. The standard InChI is InChI=1S/C22H19N5O6S/c1-31-17-8-5-14(11-18(17)32-2)21-25-20(33-26-21)10-9-19(28)24-22-23-16(12-34-22)13-3-6-15(7-4-13)27(29)30/h3-8,11-12H,9-10H2,1-2H3,(H,23,24,28). The zero-order valence-corrected chi connectivity index (χ0v) is 19.0. The minimum absolute atomic E-state index is 0.00261. The van der Waals surface area contributed by atoms with Gasteiger partial charge in [-0.25, -0.2) is 4.98 Å². The van der Waals surface area contributed by atoms with Gasteiger partial charge in [0.2, 0.25) is 17.6 Å². The fraction of sp³-hybridized carbons (Fsp3) is 0.182. The number of anilines is 1. The summed E-state index contributed by atoms with van der Waals surface area (Å²) in [6.45, 7) is 0. The third kappa shape index (κ3) is 5.18. The van der Waals surface area contributed by atoms with Crippen molar-refractivity contribution < 1.29 is 23.7 Å². The minimum atomic E-state index is -0.462. The van der Waals surface area contributed by atoms with Crippen LogP contribution in [0.15, 0.2) is 52.4 Å². The number of methoxy groups -OCH3 is 2. The number of hydrogen-bond donors (Lipinski definition) is 1. The van der Waals surface area contributed by atoms with Crippen LogP contribution in [0, 0.1) is 10.1 Å². The molecule has 34 heavy (non-hydrogen) atoms. The molecule has 2 heterocycles. The summed E-state index contributed by atoms with van der Waals surface area (Å²) >= 11 is 1.26. The molecule has 0 aliphatic rings. The predicted molar refractivity (Wildman–Crippen MR) is 124 cm³/mol. The van der Waals surface area contributed by atoms with E-state index in [0.29, 0.717) is 39.6 Å². The fourth-order valence-electron chi connectivity index (χ4n) is 3.07. The zero-order valence-electron chi connectivity index (χ0n) is 18.2. The first-order chi connectivity index (χ1) is 16.5. The predicted octanol–water partition coefficient (Wildman–Crippen LogP) is 4.36. The van der Waals surface area contributed by atoms with Crippen molar-refractivity contribution >= 4 is 28.1 Å². The van der Waals surface area contributed by atoms with Gasteiger partial charge < -0.3 is 19.3 Å². The lowest BCUT2D eigenvalue weighted by Gasteiger charge is -2.07. The van der Waals surface area contributed by atoms with E-state index in [0.717, 1.165) is 5.56 Å². The summed E-state index contributed by atoms with van der Waals surface area (Å²) in [7, 11) is 3.09. The van der Waals surface area contributed by atoms with E-state index < -0.39 is 4.92 Å². The van der Waals surface area contributed by atoms with E-state index in [1.54, 1.807) is 49.9 Å². The number of amides is 1. The first-order valence-corrected chi connectivity index (χ1v) is 10.9. The topological polar surface area (TPSA) is 143 Å². The number of carbonyl (C=O) groups is 1. The third-order valence-corrected chi connectivity index (χ3v) is 5.56. The molecule has 4 aromatic rings. The number of rotatable bonds is 9. The molecule has 0 radical (unpaired) electrons. The molecule has 0 aliphatic carbocycles. The van der Waals surface area contributed by atoms with Crippen molar-refractivity contribution in [3.63, 3.8) is 0 Å². The molecule has 12 heteroatoms. The van der Waals surface area contributed by atoms with Gasteiger partial charge in [0.15, 0.2) is 16.6 Å². The number of thiazole rings is 1. The first-order valence-electron chi connectivity index (χ1n) is 10.0. The average molecular weight is 481 g/mol. The number of aromatic nitrogens is 3. The number of carbonyl (C=O) groups excluding carboxylic acids is 1. The van der Waals surface area contributed by atoms with E-state index in [2.05, 4.69) is 20.4 Å². The SMILES string of the molecule is COc1ccc(-c2noc(CCC(=O)Nc3nc(-c4ccc([N+](=O)[O-])cc4)cs3)n2)cc1OC. The number of ether oxygens (including phenoxy) is 2. The molecule has 0 aliphatic heterocycles. The summed E-state index contributed by atoms with van der Waals surface area (Å²) in [5, 5.41) is 19.7. The number of nitrogens with zero attached hydrogens (tertiary/aromatic N) is 4.